The van der Waals surface area contributed by atoms with Crippen LogP contribution in [0.3, 0.4) is 0 Å². The highest BCUT2D eigenvalue weighted by molar-refractivity contribution is 7.89. The van der Waals surface area contributed by atoms with E-state index in [1.807, 2.05) is 0 Å². The Balaban J connectivity index is 3.33. The Morgan fingerprint density at radius 1 is 1.17 bits per heavy atom. The number of carbonyl (C=O) groups excluding carboxylic acids is 2. The van der Waals surface area contributed by atoms with Crippen molar-refractivity contribution in [1.29, 1.82) is 0 Å². The Labute approximate surface area is 146 Å². The molecule has 134 valence electrons. The van der Waals surface area contributed by atoms with E-state index >= 15 is 0 Å². The molecule has 0 aromatic heterocycles. The summed E-state index contributed by atoms with van der Waals surface area (Å²) in [5.41, 5.74) is -0.991. The van der Waals surface area contributed by atoms with E-state index in [4.69, 9.17) is 21.2 Å². The van der Waals surface area contributed by atoms with Crippen LogP contribution in [0.25, 0.3) is 0 Å². The molecule has 9 heteroatoms. The number of ether oxygens (including phenoxy) is 1. The Morgan fingerprint density at radius 2 is 1.71 bits per heavy atom. The van der Waals surface area contributed by atoms with E-state index in [0.717, 1.165) is 0 Å². The molecule has 24 heavy (non-hydrogen) atoms. The van der Waals surface area contributed by atoms with Gasteiger partial charge in [0.25, 0.3) is 0 Å². The van der Waals surface area contributed by atoms with Crippen molar-refractivity contribution in [3.05, 3.63) is 29.3 Å². The second-order valence-electron chi connectivity index (χ2n) is 6.21. The van der Waals surface area contributed by atoms with Gasteiger partial charge in [-0.3, -0.25) is 0 Å². The lowest BCUT2D eigenvalue weighted by atomic mass is 10.2. The van der Waals surface area contributed by atoms with Gasteiger partial charge in [-0.1, -0.05) is 37.6 Å². The third-order valence-corrected chi connectivity index (χ3v) is 4.53. The Morgan fingerprint density at radius 3 is 2.17 bits per heavy atom. The number of carbonyl (C=O) groups is 2. The van der Waals surface area contributed by atoms with Crippen LogP contribution in [0.15, 0.2) is 29.2 Å². The summed E-state index contributed by atoms with van der Waals surface area (Å²) >= 11 is 5.89. The lowest BCUT2D eigenvalue weighted by Gasteiger charge is -2.26. The van der Waals surface area contributed by atoms with Crippen molar-refractivity contribution in [3.8, 4) is 0 Å². The first-order chi connectivity index (χ1) is 10.9. The molecule has 0 saturated heterocycles. The third-order valence-electron chi connectivity index (χ3n) is 2.52. The molecule has 0 aliphatic rings. The molecular formula is C15H20ClNO6S. The Hall–Kier alpha value is -1.80. The van der Waals surface area contributed by atoms with E-state index in [9.17, 15) is 18.0 Å². The maximum absolute atomic E-state index is 12.7. The number of halogens is 1. The summed E-state index contributed by atoms with van der Waals surface area (Å²) in [6.45, 7) is 7.65. The van der Waals surface area contributed by atoms with Gasteiger partial charge in [0.2, 0.25) is 0 Å². The number of hydroxylamine groups is 1. The maximum Gasteiger partial charge on any atom is 0.459 e. The number of hydrogen-bond donors (Lipinski definition) is 0. The molecule has 1 aromatic rings. The molecule has 7 nitrogen and oxygen atoms in total. The Bertz CT molecular complexity index is 724. The van der Waals surface area contributed by atoms with Gasteiger partial charge in [0.1, 0.15) is 10.5 Å². The second-order valence-corrected chi connectivity index (χ2v) is 8.34. The van der Waals surface area contributed by atoms with Crippen molar-refractivity contribution < 1.29 is 27.6 Å². The summed E-state index contributed by atoms with van der Waals surface area (Å²) in [4.78, 5) is 28.5. The average Bonchev–Trinajstić information content (AvgIpc) is 2.42. The fourth-order valence-corrected chi connectivity index (χ4v) is 2.99. The minimum Gasteiger partial charge on any atom is -0.441 e. The number of amides is 1. The highest BCUT2D eigenvalue weighted by Crippen LogP contribution is 2.26. The molecular weight excluding hydrogens is 358 g/mol. The highest BCUT2D eigenvalue weighted by Gasteiger charge is 2.38. The molecule has 0 fully saturated rings. The maximum atomic E-state index is 12.7. The molecule has 0 atom stereocenters. The van der Waals surface area contributed by atoms with Crippen LogP contribution in [0.5, 0.6) is 0 Å². The van der Waals surface area contributed by atoms with Crippen LogP contribution in [-0.4, -0.2) is 30.5 Å². The smallest absolute Gasteiger partial charge is 0.441 e. The van der Waals surface area contributed by atoms with Gasteiger partial charge in [0.15, 0.2) is 0 Å². The lowest BCUT2D eigenvalue weighted by Crippen LogP contribution is -2.42. The zero-order chi connectivity index (χ0) is 18.7. The Kier molecular flexibility index (Phi) is 6.24. The zero-order valence-electron chi connectivity index (χ0n) is 14.1. The normalized spacial score (nSPS) is 12.0. The molecule has 0 N–H and O–H groups in total. The number of rotatable bonds is 3. The molecule has 0 unspecified atom stereocenters. The SMILES string of the molecule is CC(C)C(=O)ON(C(=O)OC(C)(C)C)S(=O)(=O)c1ccccc1Cl. The number of sulfonamides is 1. The molecule has 0 saturated carbocycles. The van der Waals surface area contributed by atoms with E-state index in [1.165, 1.54) is 38.1 Å². The fourth-order valence-electron chi connectivity index (χ4n) is 1.41. The van der Waals surface area contributed by atoms with E-state index in [1.54, 1.807) is 20.8 Å². The monoisotopic (exact) mass is 377 g/mol. The fraction of sp³-hybridized carbons (Fsp3) is 0.467. The van der Waals surface area contributed by atoms with Crippen LogP contribution in [-0.2, 0) is 24.4 Å². The third kappa shape index (κ3) is 5.10. The van der Waals surface area contributed by atoms with Gasteiger partial charge >= 0.3 is 22.1 Å². The van der Waals surface area contributed by atoms with Crippen molar-refractivity contribution >= 4 is 33.7 Å². The summed E-state index contributed by atoms with van der Waals surface area (Å²) < 4.78 is 30.4. The first kappa shape index (κ1) is 20.2. The van der Waals surface area contributed by atoms with Crippen molar-refractivity contribution in [2.45, 2.75) is 45.1 Å². The molecule has 0 aliphatic carbocycles. The minimum atomic E-state index is -4.55. The van der Waals surface area contributed by atoms with Crippen LogP contribution < -0.4 is 0 Å². The van der Waals surface area contributed by atoms with Gasteiger partial charge in [-0.05, 0) is 37.4 Å². The van der Waals surface area contributed by atoms with Crippen LogP contribution in [0, 0.1) is 5.92 Å². The van der Waals surface area contributed by atoms with E-state index in [2.05, 4.69) is 0 Å². The van der Waals surface area contributed by atoms with Gasteiger partial charge in [-0.25, -0.2) is 9.59 Å². The number of nitrogens with zero attached hydrogens (tertiary/aromatic N) is 1. The van der Waals surface area contributed by atoms with Gasteiger partial charge in [0, 0.05) is 0 Å². The number of benzene rings is 1. The predicted octanol–water partition coefficient (Wildman–Crippen LogP) is 3.38. The van der Waals surface area contributed by atoms with Crippen molar-refractivity contribution in [3.63, 3.8) is 0 Å². The van der Waals surface area contributed by atoms with Crippen molar-refractivity contribution in [2.24, 2.45) is 5.92 Å². The minimum absolute atomic E-state index is 0.0677. The predicted molar refractivity (Wildman–Crippen MR) is 87.6 cm³/mol. The van der Waals surface area contributed by atoms with Crippen LogP contribution in [0.1, 0.15) is 34.6 Å². The highest BCUT2D eigenvalue weighted by atomic mass is 35.5. The van der Waals surface area contributed by atoms with Gasteiger partial charge in [-0.2, -0.15) is 8.42 Å². The second kappa shape index (κ2) is 7.40. The first-order valence-corrected chi connectivity index (χ1v) is 8.92. The quantitative estimate of drug-likeness (QED) is 0.750. The summed E-state index contributed by atoms with van der Waals surface area (Å²) in [6, 6.07) is 5.49. The van der Waals surface area contributed by atoms with Crippen molar-refractivity contribution in [2.75, 3.05) is 0 Å². The molecule has 0 aliphatic heterocycles. The molecule has 0 heterocycles. The standard InChI is InChI=1S/C15H20ClNO6S/c1-10(2)13(18)23-17(14(19)22-15(3,4)5)24(20,21)12-9-7-6-8-11(12)16/h6-10H,1-5H3. The van der Waals surface area contributed by atoms with E-state index in [-0.39, 0.29) is 14.4 Å². The molecule has 1 aromatic carbocycles. The zero-order valence-corrected chi connectivity index (χ0v) is 15.6. The van der Waals surface area contributed by atoms with Gasteiger partial charge in [0.05, 0.1) is 10.9 Å². The summed E-state index contributed by atoms with van der Waals surface area (Å²) in [5, 5.41) is -0.119. The molecule has 0 spiro atoms. The topological polar surface area (TPSA) is 90.0 Å². The van der Waals surface area contributed by atoms with Gasteiger partial charge in [-0.15, -0.1) is 0 Å². The lowest BCUT2D eigenvalue weighted by molar-refractivity contribution is -0.170. The van der Waals surface area contributed by atoms with Crippen LogP contribution in [0.4, 0.5) is 4.79 Å². The molecule has 0 bridgehead atoms. The summed E-state index contributed by atoms with van der Waals surface area (Å²) in [7, 11) is -4.55. The largest absolute Gasteiger partial charge is 0.459 e. The average molecular weight is 378 g/mol. The van der Waals surface area contributed by atoms with Gasteiger partial charge < -0.3 is 9.57 Å². The van der Waals surface area contributed by atoms with Crippen LogP contribution in [0.2, 0.25) is 5.02 Å². The van der Waals surface area contributed by atoms with Crippen LogP contribution >= 0.6 is 11.6 Å². The molecule has 1 amide bonds. The number of hydrogen-bond acceptors (Lipinski definition) is 6. The van der Waals surface area contributed by atoms with E-state index in [0.29, 0.717) is 0 Å². The first-order valence-electron chi connectivity index (χ1n) is 7.11. The summed E-state index contributed by atoms with van der Waals surface area (Å²) in [5.74, 6) is -1.56. The van der Waals surface area contributed by atoms with E-state index < -0.39 is 33.6 Å². The molecule has 0 radical (unpaired) electrons. The molecule has 1 rings (SSSR count). The van der Waals surface area contributed by atoms with Crippen molar-refractivity contribution in [1.82, 2.24) is 4.47 Å². The summed E-state index contributed by atoms with van der Waals surface area (Å²) in [6.07, 6.45) is -1.34.